The molecule has 1 saturated heterocycles. The second kappa shape index (κ2) is 9.05. The molecule has 10 heteroatoms. The van der Waals surface area contributed by atoms with Crippen molar-refractivity contribution in [2.24, 2.45) is 0 Å². The standard InChI is InChI=1S/C21H20ClN3O4S2/c1-14-19(15-5-7-17(22)8-6-15)23-21(30-14)24-20(26)16-3-2-4-18(13-16)31(27,28)25-9-11-29-12-10-25/h2-8,13H,9-12H2,1H3,(H,23,24,26). The van der Waals surface area contributed by atoms with E-state index in [1.807, 2.05) is 19.1 Å². The molecule has 162 valence electrons. The quantitative estimate of drug-likeness (QED) is 0.599. The fourth-order valence-corrected chi connectivity index (χ4v) is 5.64. The van der Waals surface area contributed by atoms with Gasteiger partial charge in [0.15, 0.2) is 5.13 Å². The number of anilines is 1. The summed E-state index contributed by atoms with van der Waals surface area (Å²) in [4.78, 5) is 18.3. The van der Waals surface area contributed by atoms with Gasteiger partial charge in [0.05, 0.1) is 23.8 Å². The summed E-state index contributed by atoms with van der Waals surface area (Å²) < 4.78 is 32.3. The molecule has 0 radical (unpaired) electrons. The van der Waals surface area contributed by atoms with Crippen LogP contribution in [-0.2, 0) is 14.8 Å². The highest BCUT2D eigenvalue weighted by atomic mass is 35.5. The van der Waals surface area contributed by atoms with Crippen molar-refractivity contribution in [3.05, 3.63) is 64.0 Å². The molecule has 0 unspecified atom stereocenters. The first-order valence-corrected chi connectivity index (χ1v) is 12.2. The highest BCUT2D eigenvalue weighted by Crippen LogP contribution is 2.31. The fraction of sp³-hybridized carbons (Fsp3) is 0.238. The number of benzene rings is 2. The summed E-state index contributed by atoms with van der Waals surface area (Å²) in [7, 11) is -3.68. The molecule has 1 aliphatic heterocycles. The summed E-state index contributed by atoms with van der Waals surface area (Å²) in [5.74, 6) is -0.421. The van der Waals surface area contributed by atoms with Gasteiger partial charge in [0.2, 0.25) is 10.0 Å². The normalized spacial score (nSPS) is 15.0. The van der Waals surface area contributed by atoms with Crippen LogP contribution in [0.1, 0.15) is 15.2 Å². The molecule has 1 amide bonds. The first-order chi connectivity index (χ1) is 14.8. The summed E-state index contributed by atoms with van der Waals surface area (Å²) in [5.41, 5.74) is 1.91. The fourth-order valence-electron chi connectivity index (χ4n) is 3.23. The zero-order valence-electron chi connectivity index (χ0n) is 16.7. The second-order valence-electron chi connectivity index (χ2n) is 6.93. The molecular formula is C21H20ClN3O4S2. The molecule has 0 aliphatic carbocycles. The van der Waals surface area contributed by atoms with E-state index in [4.69, 9.17) is 16.3 Å². The molecule has 2 heterocycles. The molecule has 0 saturated carbocycles. The molecule has 0 spiro atoms. The van der Waals surface area contributed by atoms with Gasteiger partial charge < -0.3 is 4.74 Å². The van der Waals surface area contributed by atoms with Crippen molar-refractivity contribution < 1.29 is 17.9 Å². The van der Waals surface area contributed by atoms with Gasteiger partial charge in [-0.25, -0.2) is 13.4 Å². The van der Waals surface area contributed by atoms with Crippen LogP contribution in [0.25, 0.3) is 11.3 Å². The van der Waals surface area contributed by atoms with Crippen LogP contribution in [0.5, 0.6) is 0 Å². The third-order valence-corrected chi connectivity index (χ3v) is 7.87. The maximum absolute atomic E-state index is 12.9. The zero-order valence-corrected chi connectivity index (χ0v) is 19.1. The first-order valence-electron chi connectivity index (χ1n) is 9.57. The van der Waals surface area contributed by atoms with Crippen LogP contribution < -0.4 is 5.32 Å². The van der Waals surface area contributed by atoms with E-state index >= 15 is 0 Å². The molecule has 0 bridgehead atoms. The Hall–Kier alpha value is -2.30. The predicted octanol–water partition coefficient (Wildman–Crippen LogP) is 4.05. The molecule has 2 aromatic carbocycles. The summed E-state index contributed by atoms with van der Waals surface area (Å²) in [6.07, 6.45) is 0. The molecule has 0 atom stereocenters. The maximum Gasteiger partial charge on any atom is 0.257 e. The number of nitrogens with zero attached hydrogens (tertiary/aromatic N) is 2. The number of ether oxygens (including phenoxy) is 1. The molecule has 1 aromatic heterocycles. The Kier molecular flexibility index (Phi) is 6.40. The van der Waals surface area contributed by atoms with Crippen molar-refractivity contribution >= 4 is 44.0 Å². The maximum atomic E-state index is 12.9. The number of nitrogens with one attached hydrogen (secondary N) is 1. The number of morpholine rings is 1. The van der Waals surface area contributed by atoms with Crippen molar-refractivity contribution in [1.29, 1.82) is 0 Å². The number of aromatic nitrogens is 1. The van der Waals surface area contributed by atoms with Gasteiger partial charge in [0.25, 0.3) is 5.91 Å². The number of amides is 1. The Morgan fingerprint density at radius 2 is 1.87 bits per heavy atom. The molecule has 1 aliphatic rings. The van der Waals surface area contributed by atoms with Crippen molar-refractivity contribution in [3.63, 3.8) is 0 Å². The van der Waals surface area contributed by atoms with Crippen molar-refractivity contribution in [2.75, 3.05) is 31.6 Å². The lowest BCUT2D eigenvalue weighted by Gasteiger charge is -2.26. The van der Waals surface area contributed by atoms with Crippen LogP contribution in [-0.4, -0.2) is 49.9 Å². The zero-order chi connectivity index (χ0) is 22.0. The lowest BCUT2D eigenvalue weighted by atomic mass is 10.1. The minimum atomic E-state index is -3.68. The van der Waals surface area contributed by atoms with Crippen molar-refractivity contribution in [1.82, 2.24) is 9.29 Å². The molecule has 1 fully saturated rings. The minimum absolute atomic E-state index is 0.0826. The summed E-state index contributed by atoms with van der Waals surface area (Å²) in [6, 6.07) is 13.3. The smallest absolute Gasteiger partial charge is 0.257 e. The van der Waals surface area contributed by atoms with E-state index in [-0.39, 0.29) is 10.5 Å². The van der Waals surface area contributed by atoms with Crippen molar-refractivity contribution in [3.8, 4) is 11.3 Å². The number of halogens is 1. The summed E-state index contributed by atoms with van der Waals surface area (Å²) >= 11 is 7.30. The van der Waals surface area contributed by atoms with E-state index in [0.717, 1.165) is 16.1 Å². The van der Waals surface area contributed by atoms with Crippen LogP contribution in [0.3, 0.4) is 0 Å². The topological polar surface area (TPSA) is 88.6 Å². The lowest BCUT2D eigenvalue weighted by Crippen LogP contribution is -2.40. The first kappa shape index (κ1) is 21.9. The van der Waals surface area contributed by atoms with Gasteiger partial charge in [-0.1, -0.05) is 29.8 Å². The molecule has 1 N–H and O–H groups in total. The molecule has 3 aromatic rings. The lowest BCUT2D eigenvalue weighted by molar-refractivity contribution is 0.0730. The Morgan fingerprint density at radius 1 is 1.16 bits per heavy atom. The average Bonchev–Trinajstić information content (AvgIpc) is 3.14. The minimum Gasteiger partial charge on any atom is -0.379 e. The van der Waals surface area contributed by atoms with Crippen LogP contribution in [0.15, 0.2) is 53.4 Å². The largest absolute Gasteiger partial charge is 0.379 e. The van der Waals surface area contributed by atoms with Crippen LogP contribution in [0.2, 0.25) is 5.02 Å². The van der Waals surface area contributed by atoms with E-state index < -0.39 is 15.9 Å². The highest BCUT2D eigenvalue weighted by Gasteiger charge is 2.27. The number of aryl methyl sites for hydroxylation is 1. The number of hydrogen-bond donors (Lipinski definition) is 1. The van der Waals surface area contributed by atoms with Crippen LogP contribution in [0, 0.1) is 6.92 Å². The number of carbonyl (C=O) groups excluding carboxylic acids is 1. The third-order valence-electron chi connectivity index (χ3n) is 4.84. The van der Waals surface area contributed by atoms with Crippen molar-refractivity contribution in [2.45, 2.75) is 11.8 Å². The SMILES string of the molecule is Cc1sc(NC(=O)c2cccc(S(=O)(=O)N3CCOCC3)c2)nc1-c1ccc(Cl)cc1. The van der Waals surface area contributed by atoms with Crippen LogP contribution >= 0.6 is 22.9 Å². The van der Waals surface area contributed by atoms with Gasteiger partial charge in [0.1, 0.15) is 0 Å². The van der Waals surface area contributed by atoms with Crippen LogP contribution in [0.4, 0.5) is 5.13 Å². The highest BCUT2D eigenvalue weighted by molar-refractivity contribution is 7.89. The van der Waals surface area contributed by atoms with Gasteiger partial charge in [-0.15, -0.1) is 11.3 Å². The van der Waals surface area contributed by atoms with Gasteiger partial charge in [0, 0.05) is 34.1 Å². The summed E-state index contributed by atoms with van der Waals surface area (Å²) in [6.45, 7) is 3.24. The van der Waals surface area contributed by atoms with Gasteiger partial charge in [-0.2, -0.15) is 4.31 Å². The van der Waals surface area contributed by atoms with E-state index in [9.17, 15) is 13.2 Å². The molecule has 31 heavy (non-hydrogen) atoms. The van der Waals surface area contributed by atoms with Gasteiger partial charge >= 0.3 is 0 Å². The predicted molar refractivity (Wildman–Crippen MR) is 121 cm³/mol. The number of hydrogen-bond acceptors (Lipinski definition) is 6. The molecule has 7 nitrogen and oxygen atoms in total. The van der Waals surface area contributed by atoms with E-state index in [1.165, 1.54) is 27.8 Å². The van der Waals surface area contributed by atoms with E-state index in [1.54, 1.807) is 24.3 Å². The number of sulfonamides is 1. The average molecular weight is 478 g/mol. The number of rotatable bonds is 5. The summed E-state index contributed by atoms with van der Waals surface area (Å²) in [5, 5.41) is 3.85. The number of carbonyl (C=O) groups is 1. The monoisotopic (exact) mass is 477 g/mol. The van der Waals surface area contributed by atoms with Gasteiger partial charge in [-0.3, -0.25) is 10.1 Å². The number of thiazole rings is 1. The van der Waals surface area contributed by atoms with E-state index in [0.29, 0.717) is 36.5 Å². The Balaban J connectivity index is 1.54. The molecule has 4 rings (SSSR count). The Labute approximate surface area is 189 Å². The molecular weight excluding hydrogens is 458 g/mol. The van der Waals surface area contributed by atoms with Gasteiger partial charge in [-0.05, 0) is 37.3 Å². The van der Waals surface area contributed by atoms with E-state index in [2.05, 4.69) is 10.3 Å². The third kappa shape index (κ3) is 4.81. The Morgan fingerprint density at radius 3 is 2.58 bits per heavy atom. The second-order valence-corrected chi connectivity index (χ2v) is 10.5. The Bertz CT molecular complexity index is 1200.